The number of nitrogens with zero attached hydrogens (tertiary/aromatic N) is 3. The van der Waals surface area contributed by atoms with Crippen LogP contribution in [-0.2, 0) is 6.42 Å². The van der Waals surface area contributed by atoms with E-state index in [0.717, 1.165) is 6.20 Å². The second-order valence-electron chi connectivity index (χ2n) is 2.07. The fourth-order valence-electron chi connectivity index (χ4n) is 0.650. The van der Waals surface area contributed by atoms with Crippen molar-refractivity contribution in [3.8, 4) is 6.07 Å². The van der Waals surface area contributed by atoms with E-state index in [1.54, 1.807) is 0 Å². The Balaban J connectivity index is 2.80. The van der Waals surface area contributed by atoms with E-state index in [-0.39, 0.29) is 12.1 Å². The molecule has 5 heteroatoms. The summed E-state index contributed by atoms with van der Waals surface area (Å²) in [6.07, 6.45) is -0.341. The molecule has 1 heterocycles. The Bertz CT molecular complexity index is 289. The standard InChI is InChI=1S/C7H5F2N3/c8-7(9)6-4-11-5(1-2-10)3-12-6/h3-4,7H,1H2. The van der Waals surface area contributed by atoms with Crippen molar-refractivity contribution in [1.29, 1.82) is 5.26 Å². The second kappa shape index (κ2) is 3.72. The van der Waals surface area contributed by atoms with Gasteiger partial charge in [0.25, 0.3) is 6.43 Å². The lowest BCUT2D eigenvalue weighted by atomic mass is 10.3. The molecule has 0 saturated carbocycles. The molecule has 0 bridgehead atoms. The lowest BCUT2D eigenvalue weighted by Crippen LogP contribution is -1.95. The zero-order valence-corrected chi connectivity index (χ0v) is 6.04. The number of aromatic nitrogens is 2. The summed E-state index contributed by atoms with van der Waals surface area (Å²) >= 11 is 0. The Morgan fingerprint density at radius 1 is 1.42 bits per heavy atom. The molecule has 0 saturated heterocycles. The van der Waals surface area contributed by atoms with E-state index in [4.69, 9.17) is 5.26 Å². The summed E-state index contributed by atoms with van der Waals surface area (Å²) in [4.78, 5) is 7.06. The van der Waals surface area contributed by atoms with Crippen molar-refractivity contribution in [2.24, 2.45) is 0 Å². The lowest BCUT2D eigenvalue weighted by molar-refractivity contribution is 0.145. The number of hydrogen-bond donors (Lipinski definition) is 0. The zero-order valence-electron chi connectivity index (χ0n) is 6.04. The molecule has 0 aromatic carbocycles. The summed E-state index contributed by atoms with van der Waals surface area (Å²) in [7, 11) is 0. The van der Waals surface area contributed by atoms with Gasteiger partial charge < -0.3 is 0 Å². The smallest absolute Gasteiger partial charge is 0.256 e. The number of rotatable bonds is 2. The number of alkyl halides is 2. The quantitative estimate of drug-likeness (QED) is 0.673. The van der Waals surface area contributed by atoms with E-state index in [1.807, 2.05) is 6.07 Å². The van der Waals surface area contributed by atoms with Crippen molar-refractivity contribution in [1.82, 2.24) is 9.97 Å². The molecular weight excluding hydrogens is 164 g/mol. The molecule has 0 N–H and O–H groups in total. The monoisotopic (exact) mass is 169 g/mol. The van der Waals surface area contributed by atoms with Crippen molar-refractivity contribution < 1.29 is 8.78 Å². The summed E-state index contributed by atoms with van der Waals surface area (Å²) in [5.41, 5.74) is 0.0404. The maximum absolute atomic E-state index is 11.9. The third-order valence-corrected chi connectivity index (χ3v) is 1.21. The zero-order chi connectivity index (χ0) is 8.97. The summed E-state index contributed by atoms with van der Waals surface area (Å²) < 4.78 is 23.8. The molecule has 1 aromatic heterocycles. The maximum Gasteiger partial charge on any atom is 0.281 e. The van der Waals surface area contributed by atoms with E-state index in [2.05, 4.69) is 9.97 Å². The van der Waals surface area contributed by atoms with E-state index >= 15 is 0 Å². The van der Waals surface area contributed by atoms with Crippen LogP contribution in [0.15, 0.2) is 12.4 Å². The van der Waals surface area contributed by atoms with Crippen LogP contribution in [0.2, 0.25) is 0 Å². The minimum Gasteiger partial charge on any atom is -0.256 e. The fourth-order valence-corrected chi connectivity index (χ4v) is 0.650. The Hall–Kier alpha value is -1.57. The highest BCUT2D eigenvalue weighted by Crippen LogP contribution is 2.14. The van der Waals surface area contributed by atoms with Gasteiger partial charge in [-0.25, -0.2) is 8.78 Å². The Morgan fingerprint density at radius 2 is 2.17 bits per heavy atom. The highest BCUT2D eigenvalue weighted by atomic mass is 19.3. The van der Waals surface area contributed by atoms with Gasteiger partial charge in [0.15, 0.2) is 0 Å². The topological polar surface area (TPSA) is 49.6 Å². The van der Waals surface area contributed by atoms with Gasteiger partial charge in [-0.3, -0.25) is 9.97 Å². The SMILES string of the molecule is N#CCc1cnc(C(F)F)cn1. The van der Waals surface area contributed by atoms with Crippen LogP contribution in [0, 0.1) is 11.3 Å². The predicted octanol–water partition coefficient (Wildman–Crippen LogP) is 1.48. The molecule has 1 rings (SSSR count). The third-order valence-electron chi connectivity index (χ3n) is 1.21. The first-order chi connectivity index (χ1) is 5.74. The average Bonchev–Trinajstić information content (AvgIpc) is 2.06. The first-order valence-electron chi connectivity index (χ1n) is 3.20. The average molecular weight is 169 g/mol. The van der Waals surface area contributed by atoms with Crippen LogP contribution in [0.5, 0.6) is 0 Å². The normalized spacial score (nSPS) is 9.83. The van der Waals surface area contributed by atoms with Crippen LogP contribution in [-0.4, -0.2) is 9.97 Å². The maximum atomic E-state index is 11.9. The van der Waals surface area contributed by atoms with E-state index in [1.165, 1.54) is 6.20 Å². The van der Waals surface area contributed by atoms with E-state index < -0.39 is 6.43 Å². The Kier molecular flexibility index (Phi) is 2.64. The van der Waals surface area contributed by atoms with Crippen LogP contribution >= 0.6 is 0 Å². The van der Waals surface area contributed by atoms with Crippen molar-refractivity contribution in [3.63, 3.8) is 0 Å². The van der Waals surface area contributed by atoms with Gasteiger partial charge in [0, 0.05) is 6.20 Å². The van der Waals surface area contributed by atoms with Gasteiger partial charge in [-0.2, -0.15) is 5.26 Å². The van der Waals surface area contributed by atoms with Crippen LogP contribution in [0.25, 0.3) is 0 Å². The third kappa shape index (κ3) is 1.95. The van der Waals surface area contributed by atoms with E-state index in [9.17, 15) is 8.78 Å². The molecule has 0 spiro atoms. The molecule has 0 aliphatic carbocycles. The number of hydrogen-bond acceptors (Lipinski definition) is 3. The minimum absolute atomic E-state index is 0.0938. The first-order valence-corrected chi connectivity index (χ1v) is 3.20. The highest BCUT2D eigenvalue weighted by Gasteiger charge is 2.08. The second-order valence-corrected chi connectivity index (χ2v) is 2.07. The van der Waals surface area contributed by atoms with Gasteiger partial charge >= 0.3 is 0 Å². The largest absolute Gasteiger partial charge is 0.281 e. The number of halogens is 2. The van der Waals surface area contributed by atoms with Gasteiger partial charge in [-0.05, 0) is 0 Å². The van der Waals surface area contributed by atoms with Crippen molar-refractivity contribution in [2.45, 2.75) is 12.8 Å². The molecule has 0 aliphatic heterocycles. The van der Waals surface area contributed by atoms with Gasteiger partial charge in [-0.1, -0.05) is 0 Å². The predicted molar refractivity (Wildman–Crippen MR) is 36.3 cm³/mol. The molecule has 0 fully saturated rings. The molecule has 3 nitrogen and oxygen atoms in total. The van der Waals surface area contributed by atoms with Crippen LogP contribution in [0.1, 0.15) is 17.8 Å². The molecular formula is C7H5F2N3. The van der Waals surface area contributed by atoms with Gasteiger partial charge in [0.1, 0.15) is 5.69 Å². The van der Waals surface area contributed by atoms with Crippen molar-refractivity contribution in [3.05, 3.63) is 23.8 Å². The molecule has 62 valence electrons. The van der Waals surface area contributed by atoms with Gasteiger partial charge in [0.05, 0.1) is 24.4 Å². The summed E-state index contributed by atoms with van der Waals surface area (Å²) in [5.74, 6) is 0. The highest BCUT2D eigenvalue weighted by molar-refractivity contribution is 5.06. The van der Waals surface area contributed by atoms with Gasteiger partial charge in [-0.15, -0.1) is 0 Å². The van der Waals surface area contributed by atoms with Crippen molar-refractivity contribution in [2.75, 3.05) is 0 Å². The summed E-state index contributed by atoms with van der Waals surface area (Å²) in [6, 6.07) is 1.84. The summed E-state index contributed by atoms with van der Waals surface area (Å²) in [6.45, 7) is 0. The molecule has 1 aromatic rings. The summed E-state index contributed by atoms with van der Waals surface area (Å²) in [5, 5.41) is 8.23. The molecule has 12 heavy (non-hydrogen) atoms. The number of nitriles is 1. The minimum atomic E-state index is -2.60. The molecule has 0 unspecified atom stereocenters. The van der Waals surface area contributed by atoms with Crippen LogP contribution in [0.4, 0.5) is 8.78 Å². The van der Waals surface area contributed by atoms with Crippen LogP contribution in [0.3, 0.4) is 0 Å². The molecule has 0 radical (unpaired) electrons. The molecule has 0 amide bonds. The van der Waals surface area contributed by atoms with Crippen LogP contribution < -0.4 is 0 Å². The molecule has 0 aliphatic rings. The Morgan fingerprint density at radius 3 is 2.58 bits per heavy atom. The van der Waals surface area contributed by atoms with Gasteiger partial charge in [0.2, 0.25) is 0 Å². The van der Waals surface area contributed by atoms with Crippen molar-refractivity contribution >= 4 is 0 Å². The van der Waals surface area contributed by atoms with E-state index in [0.29, 0.717) is 5.69 Å². The Labute approximate surface area is 67.7 Å². The first kappa shape index (κ1) is 8.53. The lowest BCUT2D eigenvalue weighted by Gasteiger charge is -1.97. The fraction of sp³-hybridized carbons (Fsp3) is 0.286. The molecule has 0 atom stereocenters.